The highest BCUT2D eigenvalue weighted by molar-refractivity contribution is 5.82. The predicted molar refractivity (Wildman–Crippen MR) is 106 cm³/mol. The monoisotopic (exact) mass is 374 g/mol. The SMILES string of the molecule is CC(Oc1ccc(C#N)cc1)C(=O)N1CCC(c2c[nH]c3ncccc23)CC1. The van der Waals surface area contributed by atoms with Crippen LogP contribution in [0.3, 0.4) is 0 Å². The van der Waals surface area contributed by atoms with Gasteiger partial charge in [-0.15, -0.1) is 0 Å². The lowest BCUT2D eigenvalue weighted by molar-refractivity contribution is -0.139. The van der Waals surface area contributed by atoms with Gasteiger partial charge in [0.05, 0.1) is 11.6 Å². The fourth-order valence-corrected chi connectivity index (χ4v) is 3.85. The smallest absolute Gasteiger partial charge is 0.263 e. The van der Waals surface area contributed by atoms with Crippen LogP contribution in [-0.4, -0.2) is 40.0 Å². The highest BCUT2D eigenvalue weighted by Crippen LogP contribution is 2.32. The zero-order chi connectivity index (χ0) is 19.5. The largest absolute Gasteiger partial charge is 0.481 e. The van der Waals surface area contributed by atoms with E-state index in [-0.39, 0.29) is 5.91 Å². The second-order valence-corrected chi connectivity index (χ2v) is 7.14. The number of nitrogens with zero attached hydrogens (tertiary/aromatic N) is 3. The molecule has 3 heterocycles. The first-order valence-electron chi connectivity index (χ1n) is 9.53. The Hall–Kier alpha value is -3.33. The average molecular weight is 374 g/mol. The summed E-state index contributed by atoms with van der Waals surface area (Å²) in [4.78, 5) is 22.3. The van der Waals surface area contributed by atoms with Gasteiger partial charge in [0, 0.05) is 30.9 Å². The minimum Gasteiger partial charge on any atom is -0.481 e. The number of nitrogens with one attached hydrogen (secondary N) is 1. The Balaban J connectivity index is 1.36. The van der Waals surface area contributed by atoms with Gasteiger partial charge in [0.1, 0.15) is 11.4 Å². The third-order valence-electron chi connectivity index (χ3n) is 5.37. The molecule has 1 N–H and O–H groups in total. The highest BCUT2D eigenvalue weighted by Gasteiger charge is 2.28. The average Bonchev–Trinajstić information content (AvgIpc) is 3.18. The molecule has 1 atom stereocenters. The Morgan fingerprint density at radius 3 is 2.75 bits per heavy atom. The summed E-state index contributed by atoms with van der Waals surface area (Å²) in [5, 5.41) is 10.0. The Morgan fingerprint density at radius 2 is 2.04 bits per heavy atom. The van der Waals surface area contributed by atoms with E-state index >= 15 is 0 Å². The van der Waals surface area contributed by atoms with E-state index in [0.717, 1.165) is 31.6 Å². The summed E-state index contributed by atoms with van der Waals surface area (Å²) in [7, 11) is 0. The minimum atomic E-state index is -0.554. The van der Waals surface area contributed by atoms with Crippen LogP contribution in [0, 0.1) is 11.3 Å². The number of aromatic amines is 1. The first kappa shape index (κ1) is 18.1. The van der Waals surface area contributed by atoms with Gasteiger partial charge >= 0.3 is 0 Å². The number of fused-ring (bicyclic) bond motifs is 1. The molecular weight excluding hydrogens is 352 g/mol. The zero-order valence-corrected chi connectivity index (χ0v) is 15.8. The van der Waals surface area contributed by atoms with Crippen molar-refractivity contribution >= 4 is 16.9 Å². The van der Waals surface area contributed by atoms with Crippen LogP contribution in [0.5, 0.6) is 5.75 Å². The second-order valence-electron chi connectivity index (χ2n) is 7.14. The molecular formula is C22H22N4O2. The molecule has 0 radical (unpaired) electrons. The van der Waals surface area contributed by atoms with Gasteiger partial charge in [0.15, 0.2) is 6.10 Å². The number of ether oxygens (including phenoxy) is 1. The van der Waals surface area contributed by atoms with Crippen LogP contribution in [0.2, 0.25) is 0 Å². The van der Waals surface area contributed by atoms with Crippen LogP contribution in [0.15, 0.2) is 48.8 Å². The summed E-state index contributed by atoms with van der Waals surface area (Å²) in [5.74, 6) is 1.03. The number of hydrogen-bond donors (Lipinski definition) is 1. The molecule has 1 aromatic carbocycles. The van der Waals surface area contributed by atoms with E-state index < -0.39 is 6.10 Å². The van der Waals surface area contributed by atoms with E-state index in [2.05, 4.69) is 28.3 Å². The number of pyridine rings is 1. The topological polar surface area (TPSA) is 82.0 Å². The molecule has 1 fully saturated rings. The molecule has 1 saturated heterocycles. The zero-order valence-electron chi connectivity index (χ0n) is 15.8. The van der Waals surface area contributed by atoms with E-state index in [9.17, 15) is 4.79 Å². The number of nitriles is 1. The van der Waals surface area contributed by atoms with Crippen molar-refractivity contribution in [3.05, 3.63) is 59.9 Å². The van der Waals surface area contributed by atoms with Gasteiger partial charge in [-0.1, -0.05) is 0 Å². The molecule has 0 saturated carbocycles. The van der Waals surface area contributed by atoms with Crippen LogP contribution in [0.1, 0.15) is 36.8 Å². The first-order chi connectivity index (χ1) is 13.7. The summed E-state index contributed by atoms with van der Waals surface area (Å²) in [5.41, 5.74) is 2.78. The minimum absolute atomic E-state index is 0.00315. The maximum Gasteiger partial charge on any atom is 0.263 e. The van der Waals surface area contributed by atoms with Crippen molar-refractivity contribution in [3.63, 3.8) is 0 Å². The van der Waals surface area contributed by atoms with E-state index in [1.165, 1.54) is 10.9 Å². The van der Waals surface area contributed by atoms with Crippen molar-refractivity contribution < 1.29 is 9.53 Å². The molecule has 0 bridgehead atoms. The molecule has 6 nitrogen and oxygen atoms in total. The Labute approximate surface area is 163 Å². The summed E-state index contributed by atoms with van der Waals surface area (Å²) in [6.07, 6.45) is 5.14. The molecule has 2 aromatic heterocycles. The van der Waals surface area contributed by atoms with Crippen LogP contribution >= 0.6 is 0 Å². The number of H-pyrrole nitrogens is 1. The molecule has 3 aromatic rings. The number of hydrogen-bond acceptors (Lipinski definition) is 4. The molecule has 28 heavy (non-hydrogen) atoms. The maximum atomic E-state index is 12.8. The van der Waals surface area contributed by atoms with E-state index in [1.807, 2.05) is 11.0 Å². The lowest BCUT2D eigenvalue weighted by atomic mass is 9.89. The van der Waals surface area contributed by atoms with Gasteiger partial charge in [-0.3, -0.25) is 4.79 Å². The summed E-state index contributed by atoms with van der Waals surface area (Å²) in [6.45, 7) is 3.22. The predicted octanol–water partition coefficient (Wildman–Crippen LogP) is 3.61. The number of benzene rings is 1. The number of amides is 1. The summed E-state index contributed by atoms with van der Waals surface area (Å²) < 4.78 is 5.77. The molecule has 1 amide bonds. The third kappa shape index (κ3) is 3.56. The van der Waals surface area contributed by atoms with Crippen molar-refractivity contribution in [3.8, 4) is 11.8 Å². The van der Waals surface area contributed by atoms with Crippen LogP contribution in [-0.2, 0) is 4.79 Å². The molecule has 0 aliphatic carbocycles. The van der Waals surface area contributed by atoms with Gasteiger partial charge in [-0.2, -0.15) is 5.26 Å². The van der Waals surface area contributed by atoms with Crippen molar-refractivity contribution in [1.29, 1.82) is 5.26 Å². The first-order valence-corrected chi connectivity index (χ1v) is 9.53. The summed E-state index contributed by atoms with van der Waals surface area (Å²) in [6, 6.07) is 12.9. The van der Waals surface area contributed by atoms with Gasteiger partial charge in [0.2, 0.25) is 0 Å². The van der Waals surface area contributed by atoms with Gasteiger partial charge in [0.25, 0.3) is 5.91 Å². The van der Waals surface area contributed by atoms with Gasteiger partial charge < -0.3 is 14.6 Å². The second kappa shape index (κ2) is 7.73. The molecule has 1 aliphatic heterocycles. The standard InChI is InChI=1S/C22H22N4O2/c1-15(28-18-6-4-16(13-23)5-7-18)22(27)26-11-8-17(9-12-26)20-14-25-21-19(20)3-2-10-24-21/h2-7,10,14-15,17H,8-9,11-12H2,1H3,(H,24,25). The Bertz CT molecular complexity index is 1010. The number of piperidine rings is 1. The number of aromatic nitrogens is 2. The number of carbonyl (C=O) groups is 1. The number of rotatable bonds is 4. The number of likely N-dealkylation sites (tertiary alicyclic amines) is 1. The van der Waals surface area contributed by atoms with E-state index in [4.69, 9.17) is 10.00 Å². The van der Waals surface area contributed by atoms with E-state index in [1.54, 1.807) is 37.4 Å². The molecule has 1 aliphatic rings. The fourth-order valence-electron chi connectivity index (χ4n) is 3.85. The summed E-state index contributed by atoms with van der Waals surface area (Å²) >= 11 is 0. The van der Waals surface area contributed by atoms with Gasteiger partial charge in [-0.05, 0) is 67.6 Å². The van der Waals surface area contributed by atoms with Crippen LogP contribution in [0.4, 0.5) is 0 Å². The van der Waals surface area contributed by atoms with Crippen LogP contribution in [0.25, 0.3) is 11.0 Å². The lowest BCUT2D eigenvalue weighted by Crippen LogP contribution is -2.44. The van der Waals surface area contributed by atoms with Gasteiger partial charge in [-0.25, -0.2) is 4.98 Å². The van der Waals surface area contributed by atoms with Crippen molar-refractivity contribution in [1.82, 2.24) is 14.9 Å². The lowest BCUT2D eigenvalue weighted by Gasteiger charge is -2.33. The molecule has 142 valence electrons. The molecule has 1 unspecified atom stereocenters. The van der Waals surface area contributed by atoms with Crippen molar-refractivity contribution in [2.24, 2.45) is 0 Å². The molecule has 4 rings (SSSR count). The normalized spacial score (nSPS) is 15.9. The quantitative estimate of drug-likeness (QED) is 0.756. The number of carbonyl (C=O) groups excluding carboxylic acids is 1. The maximum absolute atomic E-state index is 12.8. The van der Waals surface area contributed by atoms with E-state index in [0.29, 0.717) is 17.2 Å². The van der Waals surface area contributed by atoms with Crippen molar-refractivity contribution in [2.75, 3.05) is 13.1 Å². The molecule has 0 spiro atoms. The Morgan fingerprint density at radius 1 is 1.29 bits per heavy atom. The third-order valence-corrected chi connectivity index (χ3v) is 5.37. The van der Waals surface area contributed by atoms with Crippen LogP contribution < -0.4 is 4.74 Å². The molecule has 6 heteroatoms. The highest BCUT2D eigenvalue weighted by atomic mass is 16.5. The fraction of sp³-hybridized carbons (Fsp3) is 0.318. The van der Waals surface area contributed by atoms with Crippen molar-refractivity contribution in [2.45, 2.75) is 31.8 Å². The Kier molecular flexibility index (Phi) is 4.98.